The number of urea groups is 1. The van der Waals surface area contributed by atoms with Gasteiger partial charge in [-0.1, -0.05) is 65.8 Å². The number of nitrogens with zero attached hydrogens (tertiary/aromatic N) is 2. The molecule has 1 N–H and O–H groups in total. The zero-order valence-corrected chi connectivity index (χ0v) is 14.2. The zero-order valence-electron chi connectivity index (χ0n) is 14.2. The second-order valence-electron chi connectivity index (χ2n) is 6.36. The maximum Gasteiger partial charge on any atom is 0.325 e. The Morgan fingerprint density at radius 1 is 1.04 bits per heavy atom. The van der Waals surface area contributed by atoms with Crippen molar-refractivity contribution in [3.8, 4) is 11.3 Å². The van der Waals surface area contributed by atoms with Crippen LogP contribution in [0.3, 0.4) is 0 Å². The molecule has 0 radical (unpaired) electrons. The van der Waals surface area contributed by atoms with Gasteiger partial charge in [-0.25, -0.2) is 4.79 Å². The summed E-state index contributed by atoms with van der Waals surface area (Å²) in [5.41, 5.74) is 1.23. The highest BCUT2D eigenvalue weighted by Crippen LogP contribution is 2.30. The molecule has 0 unspecified atom stereocenters. The van der Waals surface area contributed by atoms with Gasteiger partial charge in [0.15, 0.2) is 5.76 Å². The topological polar surface area (TPSA) is 75.4 Å². The molecule has 2 heterocycles. The SMILES string of the molecule is C[C@@]1(c2ccccc2)NC(=O)N(Cc2cc(-c3ccccc3)no2)C1=O. The Hall–Kier alpha value is -3.41. The number of benzene rings is 2. The van der Waals surface area contributed by atoms with Crippen molar-refractivity contribution in [3.63, 3.8) is 0 Å². The molecule has 3 amide bonds. The standard InChI is InChI=1S/C20H17N3O3/c1-20(15-10-6-3-7-11-15)18(24)23(19(25)21-20)13-16-12-17(22-26-16)14-8-4-2-5-9-14/h2-12H,13H2,1H3,(H,21,25)/t20-/m0/s1. The molecule has 1 saturated heterocycles. The third-order valence-corrected chi connectivity index (χ3v) is 4.57. The normalized spacial score (nSPS) is 19.7. The fourth-order valence-electron chi connectivity index (χ4n) is 3.10. The second-order valence-corrected chi connectivity index (χ2v) is 6.36. The first-order valence-corrected chi connectivity index (χ1v) is 8.28. The largest absolute Gasteiger partial charge is 0.359 e. The third-order valence-electron chi connectivity index (χ3n) is 4.57. The molecule has 130 valence electrons. The smallest absolute Gasteiger partial charge is 0.325 e. The number of hydrogen-bond donors (Lipinski definition) is 1. The molecule has 1 aliphatic rings. The molecule has 6 nitrogen and oxygen atoms in total. The van der Waals surface area contributed by atoms with Crippen LogP contribution in [0.2, 0.25) is 0 Å². The average Bonchev–Trinajstić information content (AvgIpc) is 3.23. The number of carbonyl (C=O) groups excluding carboxylic acids is 2. The van der Waals surface area contributed by atoms with E-state index in [1.54, 1.807) is 13.0 Å². The van der Waals surface area contributed by atoms with Crippen molar-refractivity contribution in [1.82, 2.24) is 15.4 Å². The first-order valence-electron chi connectivity index (χ1n) is 8.28. The Bertz CT molecular complexity index is 953. The van der Waals surface area contributed by atoms with E-state index in [4.69, 9.17) is 4.52 Å². The lowest BCUT2D eigenvalue weighted by atomic mass is 9.92. The average molecular weight is 347 g/mol. The Morgan fingerprint density at radius 3 is 2.38 bits per heavy atom. The lowest BCUT2D eigenvalue weighted by Gasteiger charge is -2.21. The number of imide groups is 1. The minimum absolute atomic E-state index is 0.0346. The molecule has 0 bridgehead atoms. The molecule has 2 aromatic carbocycles. The summed E-state index contributed by atoms with van der Waals surface area (Å²) in [6, 6.07) is 20.1. The van der Waals surface area contributed by atoms with Crippen LogP contribution in [-0.4, -0.2) is 22.0 Å². The van der Waals surface area contributed by atoms with Crippen molar-refractivity contribution in [2.24, 2.45) is 0 Å². The van der Waals surface area contributed by atoms with Gasteiger partial charge in [0.05, 0.1) is 6.54 Å². The molecule has 1 aromatic heterocycles. The van der Waals surface area contributed by atoms with E-state index in [1.165, 1.54) is 0 Å². The highest BCUT2D eigenvalue weighted by atomic mass is 16.5. The third kappa shape index (κ3) is 2.65. The molecule has 1 atom stereocenters. The van der Waals surface area contributed by atoms with Crippen LogP contribution in [0.25, 0.3) is 11.3 Å². The molecule has 6 heteroatoms. The maximum atomic E-state index is 12.9. The fourth-order valence-corrected chi connectivity index (χ4v) is 3.10. The highest BCUT2D eigenvalue weighted by Gasteiger charge is 2.49. The summed E-state index contributed by atoms with van der Waals surface area (Å²) < 4.78 is 5.33. The summed E-state index contributed by atoms with van der Waals surface area (Å²) in [7, 11) is 0. The number of aromatic nitrogens is 1. The van der Waals surface area contributed by atoms with Gasteiger partial charge in [0.25, 0.3) is 5.91 Å². The van der Waals surface area contributed by atoms with E-state index in [0.29, 0.717) is 11.5 Å². The van der Waals surface area contributed by atoms with Crippen molar-refractivity contribution < 1.29 is 14.1 Å². The van der Waals surface area contributed by atoms with E-state index in [2.05, 4.69) is 10.5 Å². The summed E-state index contributed by atoms with van der Waals surface area (Å²) in [5.74, 6) is 0.135. The van der Waals surface area contributed by atoms with E-state index in [-0.39, 0.29) is 12.5 Å². The number of nitrogens with one attached hydrogen (secondary N) is 1. The first-order chi connectivity index (χ1) is 12.6. The molecule has 0 aliphatic carbocycles. The van der Waals surface area contributed by atoms with Crippen molar-refractivity contribution in [2.75, 3.05) is 0 Å². The van der Waals surface area contributed by atoms with Crippen molar-refractivity contribution in [3.05, 3.63) is 78.1 Å². The molecular formula is C20H17N3O3. The second kappa shape index (κ2) is 6.15. The fraction of sp³-hybridized carbons (Fsp3) is 0.150. The lowest BCUT2D eigenvalue weighted by molar-refractivity contribution is -0.131. The molecule has 4 rings (SSSR count). The first kappa shape index (κ1) is 16.1. The van der Waals surface area contributed by atoms with Crippen LogP contribution in [0, 0.1) is 0 Å². The minimum Gasteiger partial charge on any atom is -0.359 e. The van der Waals surface area contributed by atoms with Crippen molar-refractivity contribution >= 4 is 11.9 Å². The van der Waals surface area contributed by atoms with Gasteiger partial charge in [-0.05, 0) is 12.5 Å². The number of rotatable bonds is 4. The van der Waals surface area contributed by atoms with E-state index in [9.17, 15) is 9.59 Å². The molecule has 1 aliphatic heterocycles. The van der Waals surface area contributed by atoms with Gasteiger partial charge >= 0.3 is 6.03 Å². The van der Waals surface area contributed by atoms with Gasteiger partial charge in [-0.15, -0.1) is 0 Å². The molecule has 3 aromatic rings. The summed E-state index contributed by atoms with van der Waals surface area (Å²) in [4.78, 5) is 26.4. The van der Waals surface area contributed by atoms with Gasteiger partial charge in [-0.3, -0.25) is 9.69 Å². The van der Waals surface area contributed by atoms with Gasteiger partial charge in [0.1, 0.15) is 11.2 Å². The van der Waals surface area contributed by atoms with E-state index < -0.39 is 11.6 Å². The Kier molecular flexibility index (Phi) is 3.80. The minimum atomic E-state index is -1.08. The van der Waals surface area contributed by atoms with E-state index in [0.717, 1.165) is 16.0 Å². The summed E-state index contributed by atoms with van der Waals surface area (Å²) >= 11 is 0. The Balaban J connectivity index is 1.57. The van der Waals surface area contributed by atoms with Crippen molar-refractivity contribution in [1.29, 1.82) is 0 Å². The number of carbonyl (C=O) groups is 2. The molecule has 0 spiro atoms. The van der Waals surface area contributed by atoms with Gasteiger partial charge in [-0.2, -0.15) is 0 Å². The Labute approximate surface area is 150 Å². The predicted octanol–water partition coefficient (Wildman–Crippen LogP) is 3.31. The van der Waals surface area contributed by atoms with E-state index >= 15 is 0 Å². The predicted molar refractivity (Wildman–Crippen MR) is 94.8 cm³/mol. The van der Waals surface area contributed by atoms with Crippen LogP contribution < -0.4 is 5.32 Å². The maximum absolute atomic E-state index is 12.9. The number of amides is 3. The van der Waals surface area contributed by atoms with Crippen LogP contribution in [0.15, 0.2) is 71.3 Å². The van der Waals surface area contributed by atoms with Crippen LogP contribution in [0.4, 0.5) is 4.79 Å². The van der Waals surface area contributed by atoms with Gasteiger partial charge < -0.3 is 9.84 Å². The summed E-state index contributed by atoms with van der Waals surface area (Å²) in [6.07, 6.45) is 0. The van der Waals surface area contributed by atoms with Gasteiger partial charge in [0.2, 0.25) is 0 Å². The molecule has 0 saturated carbocycles. The monoisotopic (exact) mass is 347 g/mol. The van der Waals surface area contributed by atoms with Crippen LogP contribution >= 0.6 is 0 Å². The van der Waals surface area contributed by atoms with E-state index in [1.807, 2.05) is 60.7 Å². The summed E-state index contributed by atoms with van der Waals surface area (Å²) in [6.45, 7) is 1.74. The highest BCUT2D eigenvalue weighted by molar-refractivity contribution is 6.07. The Morgan fingerprint density at radius 2 is 1.69 bits per heavy atom. The molecular weight excluding hydrogens is 330 g/mol. The number of hydrogen-bond acceptors (Lipinski definition) is 4. The van der Waals surface area contributed by atoms with Crippen LogP contribution in [0.5, 0.6) is 0 Å². The van der Waals surface area contributed by atoms with Gasteiger partial charge in [0, 0.05) is 11.6 Å². The zero-order chi connectivity index (χ0) is 18.1. The molecule has 26 heavy (non-hydrogen) atoms. The van der Waals surface area contributed by atoms with Crippen LogP contribution in [0.1, 0.15) is 18.2 Å². The van der Waals surface area contributed by atoms with Crippen molar-refractivity contribution in [2.45, 2.75) is 19.0 Å². The van der Waals surface area contributed by atoms with Crippen LogP contribution in [-0.2, 0) is 16.9 Å². The molecule has 1 fully saturated rings. The lowest BCUT2D eigenvalue weighted by Crippen LogP contribution is -2.40. The quantitative estimate of drug-likeness (QED) is 0.735. The summed E-state index contributed by atoms with van der Waals surface area (Å²) in [5, 5.41) is 6.81.